The number of hydrogen-bond acceptors (Lipinski definition) is 4. The summed E-state index contributed by atoms with van der Waals surface area (Å²) in [5, 5.41) is 3.35. The van der Waals surface area contributed by atoms with Gasteiger partial charge in [0.05, 0.1) is 0 Å². The number of hydrogen-bond donors (Lipinski definition) is 1. The van der Waals surface area contributed by atoms with E-state index in [1.54, 1.807) is 11.3 Å². The first-order valence-electron chi connectivity index (χ1n) is 6.95. The van der Waals surface area contributed by atoms with Crippen molar-refractivity contribution < 1.29 is 0 Å². The highest BCUT2D eigenvalue weighted by Gasteiger charge is 2.18. The van der Waals surface area contributed by atoms with Crippen molar-refractivity contribution in [1.29, 1.82) is 0 Å². The number of thiophene rings is 1. The Balaban J connectivity index is 1.92. The summed E-state index contributed by atoms with van der Waals surface area (Å²) in [6, 6.07) is 8.37. The Morgan fingerprint density at radius 2 is 1.90 bits per heavy atom. The largest absolute Gasteiger partial charge is 0.383 e. The Labute approximate surface area is 121 Å². The molecule has 2 aromatic heterocycles. The molecule has 1 aromatic carbocycles. The average molecular weight is 281 g/mol. The van der Waals surface area contributed by atoms with Crippen molar-refractivity contribution in [3.63, 3.8) is 0 Å². The fourth-order valence-electron chi connectivity index (χ4n) is 2.89. The van der Waals surface area contributed by atoms with Gasteiger partial charge in [0.1, 0.15) is 5.82 Å². The number of fused-ring (bicyclic) bond motifs is 2. The molecule has 100 valence electrons. The second kappa shape index (κ2) is 4.56. The molecule has 0 aliphatic heterocycles. The molecule has 20 heavy (non-hydrogen) atoms. The van der Waals surface area contributed by atoms with Gasteiger partial charge < -0.3 is 5.73 Å². The third-order valence-corrected chi connectivity index (χ3v) is 4.90. The zero-order valence-corrected chi connectivity index (χ0v) is 11.9. The molecule has 4 heteroatoms. The fraction of sp³-hybridized carbons (Fsp3) is 0.250. The lowest BCUT2D eigenvalue weighted by molar-refractivity contribution is 0.666. The van der Waals surface area contributed by atoms with Gasteiger partial charge in [0.15, 0.2) is 5.82 Å². The van der Waals surface area contributed by atoms with Gasteiger partial charge in [0.2, 0.25) is 0 Å². The summed E-state index contributed by atoms with van der Waals surface area (Å²) in [5.41, 5.74) is 9.56. The van der Waals surface area contributed by atoms with Crippen LogP contribution in [0.5, 0.6) is 0 Å². The lowest BCUT2D eigenvalue weighted by atomic mass is 9.96. The molecule has 3 nitrogen and oxygen atoms in total. The van der Waals surface area contributed by atoms with E-state index in [1.165, 1.54) is 28.5 Å². The van der Waals surface area contributed by atoms with Crippen LogP contribution in [0.25, 0.3) is 21.5 Å². The fourth-order valence-corrected chi connectivity index (χ4v) is 3.83. The maximum Gasteiger partial charge on any atom is 0.163 e. The quantitative estimate of drug-likeness (QED) is 0.737. The van der Waals surface area contributed by atoms with Gasteiger partial charge in [-0.3, -0.25) is 0 Å². The molecular weight excluding hydrogens is 266 g/mol. The summed E-state index contributed by atoms with van der Waals surface area (Å²) in [7, 11) is 0. The topological polar surface area (TPSA) is 51.8 Å². The van der Waals surface area contributed by atoms with Crippen LogP contribution >= 0.6 is 11.3 Å². The normalized spacial score (nSPS) is 14.4. The number of anilines is 1. The zero-order valence-electron chi connectivity index (χ0n) is 11.1. The molecule has 0 saturated carbocycles. The number of nitrogens with two attached hydrogens (primary N) is 1. The van der Waals surface area contributed by atoms with Crippen LogP contribution in [0.3, 0.4) is 0 Å². The number of aryl methyl sites for hydroxylation is 1. The summed E-state index contributed by atoms with van der Waals surface area (Å²) in [4.78, 5) is 9.33. The van der Waals surface area contributed by atoms with Crippen LogP contribution in [0, 0.1) is 0 Å². The Kier molecular flexibility index (Phi) is 2.70. The van der Waals surface area contributed by atoms with Crippen LogP contribution in [0.1, 0.15) is 24.1 Å². The minimum absolute atomic E-state index is 0.667. The first-order chi connectivity index (χ1) is 9.83. The molecule has 1 aliphatic carbocycles. The molecule has 0 unspecified atom stereocenters. The maximum atomic E-state index is 6.14. The highest BCUT2D eigenvalue weighted by atomic mass is 32.1. The van der Waals surface area contributed by atoms with Crippen LogP contribution in [0.4, 0.5) is 5.82 Å². The zero-order chi connectivity index (χ0) is 13.5. The summed E-state index contributed by atoms with van der Waals surface area (Å²) in [5.74, 6) is 1.44. The lowest BCUT2D eigenvalue weighted by Gasteiger charge is -2.16. The minimum atomic E-state index is 0.667. The van der Waals surface area contributed by atoms with Gasteiger partial charge in [0.25, 0.3) is 0 Å². The molecule has 0 bridgehead atoms. The van der Waals surface area contributed by atoms with Crippen LogP contribution in [0.15, 0.2) is 29.6 Å². The predicted molar refractivity (Wildman–Crippen MR) is 83.9 cm³/mol. The summed E-state index contributed by atoms with van der Waals surface area (Å²) in [6.07, 6.45) is 4.44. The third-order valence-electron chi connectivity index (χ3n) is 3.94. The summed E-state index contributed by atoms with van der Waals surface area (Å²) >= 11 is 1.73. The van der Waals surface area contributed by atoms with E-state index in [0.29, 0.717) is 5.82 Å². The van der Waals surface area contributed by atoms with Gasteiger partial charge in [0, 0.05) is 32.3 Å². The van der Waals surface area contributed by atoms with Crippen LogP contribution in [-0.4, -0.2) is 9.97 Å². The summed E-state index contributed by atoms with van der Waals surface area (Å²) < 4.78 is 1.27. The van der Waals surface area contributed by atoms with E-state index in [2.05, 4.69) is 34.6 Å². The van der Waals surface area contributed by atoms with E-state index in [9.17, 15) is 0 Å². The number of aromatic nitrogens is 2. The molecule has 0 fully saturated rings. The first kappa shape index (κ1) is 11.9. The van der Waals surface area contributed by atoms with Crippen molar-refractivity contribution in [3.05, 3.63) is 40.9 Å². The monoisotopic (exact) mass is 281 g/mol. The third kappa shape index (κ3) is 1.79. The molecule has 3 aromatic rings. The van der Waals surface area contributed by atoms with E-state index >= 15 is 0 Å². The number of benzene rings is 1. The number of rotatable bonds is 1. The molecule has 0 spiro atoms. The Morgan fingerprint density at radius 1 is 1.05 bits per heavy atom. The van der Waals surface area contributed by atoms with Gasteiger partial charge in [-0.25, -0.2) is 9.97 Å². The molecule has 2 heterocycles. The Morgan fingerprint density at radius 3 is 2.85 bits per heavy atom. The Hall–Kier alpha value is -1.94. The van der Waals surface area contributed by atoms with Crippen molar-refractivity contribution in [3.8, 4) is 11.4 Å². The highest BCUT2D eigenvalue weighted by molar-refractivity contribution is 7.17. The lowest BCUT2D eigenvalue weighted by Crippen LogP contribution is -2.11. The average Bonchev–Trinajstić information content (AvgIpc) is 2.91. The minimum Gasteiger partial charge on any atom is -0.383 e. The van der Waals surface area contributed by atoms with E-state index in [1.807, 2.05) is 0 Å². The van der Waals surface area contributed by atoms with E-state index in [-0.39, 0.29) is 0 Å². The molecule has 0 amide bonds. The second-order valence-electron chi connectivity index (χ2n) is 5.21. The molecule has 0 atom stereocenters. The van der Waals surface area contributed by atoms with Crippen LogP contribution in [-0.2, 0) is 12.8 Å². The molecule has 0 saturated heterocycles. The van der Waals surface area contributed by atoms with Crippen LogP contribution in [0.2, 0.25) is 0 Å². The van der Waals surface area contributed by atoms with E-state index < -0.39 is 0 Å². The predicted octanol–water partition coefficient (Wildman–Crippen LogP) is 3.82. The van der Waals surface area contributed by atoms with Gasteiger partial charge >= 0.3 is 0 Å². The molecule has 2 N–H and O–H groups in total. The molecule has 4 rings (SSSR count). The SMILES string of the molecule is Nc1nc(-c2csc3ccccc23)nc2c1CCCC2. The van der Waals surface area contributed by atoms with E-state index in [0.717, 1.165) is 29.9 Å². The standard InChI is InChI=1S/C16H15N3S/c17-15-11-6-1-3-7-13(11)18-16(19-15)12-9-20-14-8-4-2-5-10(12)14/h2,4-5,8-9H,1,3,6-7H2,(H2,17,18,19). The van der Waals surface area contributed by atoms with Crippen molar-refractivity contribution >= 4 is 27.2 Å². The molecule has 1 aliphatic rings. The molecular formula is C16H15N3S. The van der Waals surface area contributed by atoms with Gasteiger partial charge in [-0.15, -0.1) is 11.3 Å². The van der Waals surface area contributed by atoms with Gasteiger partial charge in [-0.05, 0) is 31.7 Å². The smallest absolute Gasteiger partial charge is 0.163 e. The van der Waals surface area contributed by atoms with Crippen molar-refractivity contribution in [2.45, 2.75) is 25.7 Å². The van der Waals surface area contributed by atoms with Gasteiger partial charge in [-0.1, -0.05) is 18.2 Å². The summed E-state index contributed by atoms with van der Waals surface area (Å²) in [6.45, 7) is 0. The van der Waals surface area contributed by atoms with Gasteiger partial charge in [-0.2, -0.15) is 0 Å². The maximum absolute atomic E-state index is 6.14. The highest BCUT2D eigenvalue weighted by Crippen LogP contribution is 2.34. The Bertz CT molecular complexity index is 792. The first-order valence-corrected chi connectivity index (χ1v) is 7.83. The molecule has 0 radical (unpaired) electrons. The van der Waals surface area contributed by atoms with Crippen molar-refractivity contribution in [2.24, 2.45) is 0 Å². The van der Waals surface area contributed by atoms with Crippen molar-refractivity contribution in [1.82, 2.24) is 9.97 Å². The van der Waals surface area contributed by atoms with E-state index in [4.69, 9.17) is 10.7 Å². The van der Waals surface area contributed by atoms with Crippen molar-refractivity contribution in [2.75, 3.05) is 5.73 Å². The second-order valence-corrected chi connectivity index (χ2v) is 6.12. The number of nitrogens with zero attached hydrogens (tertiary/aromatic N) is 2. The number of nitrogen functional groups attached to an aromatic ring is 1. The van der Waals surface area contributed by atoms with Crippen LogP contribution < -0.4 is 5.73 Å².